The van der Waals surface area contributed by atoms with Crippen molar-refractivity contribution in [2.75, 3.05) is 19.6 Å². The van der Waals surface area contributed by atoms with Crippen molar-refractivity contribution in [1.82, 2.24) is 4.90 Å². The molecular weight excluding hydrogens is 360 g/mol. The SMILES string of the molecule is CCN(Cc1ccccc1)C(=O)C1CC[NH+](Cc2cc(Cl)ccc2O)CC1. The maximum Gasteiger partial charge on any atom is 0.226 e. The molecule has 0 unspecified atom stereocenters. The molecule has 144 valence electrons. The van der Waals surface area contributed by atoms with Gasteiger partial charge >= 0.3 is 0 Å². The van der Waals surface area contributed by atoms with Crippen LogP contribution in [0.15, 0.2) is 48.5 Å². The van der Waals surface area contributed by atoms with E-state index in [4.69, 9.17) is 11.6 Å². The summed E-state index contributed by atoms with van der Waals surface area (Å²) in [5.74, 6) is 0.668. The molecule has 0 saturated carbocycles. The lowest BCUT2D eigenvalue weighted by molar-refractivity contribution is -0.919. The summed E-state index contributed by atoms with van der Waals surface area (Å²) in [6.07, 6.45) is 1.78. The van der Waals surface area contributed by atoms with Crippen LogP contribution < -0.4 is 4.90 Å². The van der Waals surface area contributed by atoms with E-state index in [9.17, 15) is 9.90 Å². The van der Waals surface area contributed by atoms with Crippen LogP contribution in [0.2, 0.25) is 5.02 Å². The second-order valence-electron chi connectivity index (χ2n) is 7.31. The molecule has 0 atom stereocenters. The summed E-state index contributed by atoms with van der Waals surface area (Å²) >= 11 is 6.05. The number of quaternary nitrogens is 1. The number of aromatic hydroxyl groups is 1. The molecule has 1 aliphatic rings. The van der Waals surface area contributed by atoms with Gasteiger partial charge < -0.3 is 14.9 Å². The number of carbonyl (C=O) groups is 1. The maximum atomic E-state index is 13.0. The summed E-state index contributed by atoms with van der Waals surface area (Å²) in [6, 6.07) is 15.3. The third-order valence-electron chi connectivity index (χ3n) is 5.43. The number of rotatable bonds is 6. The van der Waals surface area contributed by atoms with Crippen LogP contribution in [0.25, 0.3) is 0 Å². The largest absolute Gasteiger partial charge is 0.507 e. The number of halogens is 1. The molecule has 1 fully saturated rings. The molecule has 5 heteroatoms. The van der Waals surface area contributed by atoms with Gasteiger partial charge in [0.15, 0.2) is 0 Å². The van der Waals surface area contributed by atoms with Crippen molar-refractivity contribution in [3.63, 3.8) is 0 Å². The Bertz CT molecular complexity index is 758. The number of nitrogens with zero attached hydrogens (tertiary/aromatic N) is 1. The van der Waals surface area contributed by atoms with Gasteiger partial charge in [0.25, 0.3) is 0 Å². The molecule has 2 aromatic carbocycles. The molecule has 0 aromatic heterocycles. The Morgan fingerprint density at radius 2 is 1.89 bits per heavy atom. The molecule has 3 rings (SSSR count). The minimum Gasteiger partial charge on any atom is -0.507 e. The number of benzene rings is 2. The van der Waals surface area contributed by atoms with Crippen LogP contribution in [0.1, 0.15) is 30.9 Å². The van der Waals surface area contributed by atoms with Gasteiger partial charge in [0.1, 0.15) is 12.3 Å². The van der Waals surface area contributed by atoms with Crippen LogP contribution in [0.3, 0.4) is 0 Å². The van der Waals surface area contributed by atoms with Gasteiger partial charge in [0.2, 0.25) is 5.91 Å². The lowest BCUT2D eigenvalue weighted by atomic mass is 9.94. The first-order valence-electron chi connectivity index (χ1n) is 9.70. The highest BCUT2D eigenvalue weighted by Crippen LogP contribution is 2.21. The van der Waals surface area contributed by atoms with Crippen LogP contribution in [-0.4, -0.2) is 35.5 Å². The number of carbonyl (C=O) groups excluding carboxylic acids is 1. The number of likely N-dealkylation sites (tertiary alicyclic amines) is 1. The van der Waals surface area contributed by atoms with Crippen molar-refractivity contribution >= 4 is 17.5 Å². The van der Waals surface area contributed by atoms with Gasteiger partial charge in [-0.15, -0.1) is 0 Å². The molecule has 2 N–H and O–H groups in total. The predicted molar refractivity (Wildman–Crippen MR) is 108 cm³/mol. The highest BCUT2D eigenvalue weighted by molar-refractivity contribution is 6.30. The Balaban J connectivity index is 1.54. The van der Waals surface area contributed by atoms with Crippen LogP contribution in [0.5, 0.6) is 5.75 Å². The zero-order valence-corrected chi connectivity index (χ0v) is 16.6. The highest BCUT2D eigenvalue weighted by atomic mass is 35.5. The van der Waals surface area contributed by atoms with Gasteiger partial charge in [-0.1, -0.05) is 41.9 Å². The van der Waals surface area contributed by atoms with E-state index in [1.807, 2.05) is 36.1 Å². The third kappa shape index (κ3) is 5.24. The van der Waals surface area contributed by atoms with E-state index >= 15 is 0 Å². The van der Waals surface area contributed by atoms with Crippen molar-refractivity contribution in [3.05, 3.63) is 64.7 Å². The smallest absolute Gasteiger partial charge is 0.226 e. The highest BCUT2D eigenvalue weighted by Gasteiger charge is 2.30. The molecule has 0 aliphatic carbocycles. The molecule has 2 aromatic rings. The minimum absolute atomic E-state index is 0.102. The number of hydrogen-bond acceptors (Lipinski definition) is 2. The predicted octanol–water partition coefficient (Wildman–Crippen LogP) is 2.89. The third-order valence-corrected chi connectivity index (χ3v) is 5.67. The molecule has 1 saturated heterocycles. The van der Waals surface area contributed by atoms with E-state index in [0.717, 1.165) is 44.6 Å². The van der Waals surface area contributed by atoms with Gasteiger partial charge in [-0.2, -0.15) is 0 Å². The molecule has 0 radical (unpaired) electrons. The van der Waals surface area contributed by atoms with E-state index in [1.54, 1.807) is 12.1 Å². The van der Waals surface area contributed by atoms with Gasteiger partial charge in [0.05, 0.1) is 13.1 Å². The number of amides is 1. The molecule has 1 aliphatic heterocycles. The monoisotopic (exact) mass is 387 g/mol. The molecule has 4 nitrogen and oxygen atoms in total. The van der Waals surface area contributed by atoms with Crippen molar-refractivity contribution < 1.29 is 14.8 Å². The Labute approximate surface area is 166 Å². The number of hydrogen-bond donors (Lipinski definition) is 2. The zero-order chi connectivity index (χ0) is 19.2. The van der Waals surface area contributed by atoms with E-state index in [-0.39, 0.29) is 11.8 Å². The lowest BCUT2D eigenvalue weighted by Crippen LogP contribution is -3.11. The quantitative estimate of drug-likeness (QED) is 0.800. The molecule has 0 bridgehead atoms. The average Bonchev–Trinajstić information content (AvgIpc) is 2.70. The van der Waals surface area contributed by atoms with Crippen LogP contribution in [-0.2, 0) is 17.9 Å². The summed E-state index contributed by atoms with van der Waals surface area (Å²) in [5, 5.41) is 10.7. The van der Waals surface area contributed by atoms with Crippen LogP contribution in [0.4, 0.5) is 0 Å². The Kier molecular flexibility index (Phi) is 6.75. The van der Waals surface area contributed by atoms with Gasteiger partial charge in [-0.25, -0.2) is 0 Å². The van der Waals surface area contributed by atoms with Crippen molar-refractivity contribution in [2.24, 2.45) is 5.92 Å². The standard InChI is InChI=1S/C22H27ClN2O2/c1-2-25(15-17-6-4-3-5-7-17)22(27)18-10-12-24(13-11-18)16-19-14-20(23)8-9-21(19)26/h3-9,14,18,26H,2,10-13,15-16H2,1H3/p+1. The van der Waals surface area contributed by atoms with E-state index in [1.165, 1.54) is 10.5 Å². The second-order valence-corrected chi connectivity index (χ2v) is 7.75. The Hall–Kier alpha value is -2.04. The van der Waals surface area contributed by atoms with Crippen LogP contribution in [0, 0.1) is 5.92 Å². The van der Waals surface area contributed by atoms with Crippen molar-refractivity contribution in [3.8, 4) is 5.75 Å². The fourth-order valence-electron chi connectivity index (χ4n) is 3.82. The van der Waals surface area contributed by atoms with Crippen LogP contribution >= 0.6 is 11.6 Å². The molecule has 27 heavy (non-hydrogen) atoms. The summed E-state index contributed by atoms with van der Waals surface area (Å²) < 4.78 is 0. The fourth-order valence-corrected chi connectivity index (χ4v) is 4.02. The zero-order valence-electron chi connectivity index (χ0n) is 15.8. The second kappa shape index (κ2) is 9.25. The number of piperidine rings is 1. The number of phenols is 1. The first kappa shape index (κ1) is 19.7. The summed E-state index contributed by atoms with van der Waals surface area (Å²) in [7, 11) is 0. The van der Waals surface area contributed by atoms with Crippen molar-refractivity contribution in [1.29, 1.82) is 0 Å². The lowest BCUT2D eigenvalue weighted by Gasteiger charge is -2.32. The molecule has 1 heterocycles. The van der Waals surface area contributed by atoms with Gasteiger partial charge in [0, 0.05) is 42.4 Å². The number of phenolic OH excluding ortho intramolecular Hbond substituents is 1. The summed E-state index contributed by atoms with van der Waals surface area (Å²) in [5.41, 5.74) is 2.05. The van der Waals surface area contributed by atoms with E-state index in [0.29, 0.717) is 17.3 Å². The topological polar surface area (TPSA) is 45.0 Å². The normalized spacial score (nSPS) is 19.6. The Morgan fingerprint density at radius 3 is 2.56 bits per heavy atom. The molecule has 0 spiro atoms. The average molecular weight is 388 g/mol. The van der Waals surface area contributed by atoms with E-state index in [2.05, 4.69) is 12.1 Å². The fraction of sp³-hybridized carbons (Fsp3) is 0.409. The number of nitrogens with one attached hydrogen (secondary N) is 1. The van der Waals surface area contributed by atoms with Gasteiger partial charge in [-0.3, -0.25) is 4.79 Å². The van der Waals surface area contributed by atoms with Crippen molar-refractivity contribution in [2.45, 2.75) is 32.9 Å². The minimum atomic E-state index is 0.102. The molecule has 1 amide bonds. The maximum absolute atomic E-state index is 13.0. The first-order chi connectivity index (χ1) is 13.1. The molecular formula is C22H28ClN2O2+. The van der Waals surface area contributed by atoms with Gasteiger partial charge in [-0.05, 0) is 30.7 Å². The first-order valence-corrected chi connectivity index (χ1v) is 10.1. The summed E-state index contributed by atoms with van der Waals surface area (Å²) in [6.45, 7) is 6.07. The van der Waals surface area contributed by atoms with E-state index < -0.39 is 0 Å². The Morgan fingerprint density at radius 1 is 1.19 bits per heavy atom. The summed E-state index contributed by atoms with van der Waals surface area (Å²) in [4.78, 5) is 16.3.